The predicted octanol–water partition coefficient (Wildman–Crippen LogP) is 1.51. The zero-order valence-corrected chi connectivity index (χ0v) is 13.4. The summed E-state index contributed by atoms with van der Waals surface area (Å²) in [6.07, 6.45) is 0.978. The van der Waals surface area contributed by atoms with Crippen molar-refractivity contribution in [1.29, 1.82) is 0 Å². The maximum absolute atomic E-state index is 10.4. The summed E-state index contributed by atoms with van der Waals surface area (Å²) < 4.78 is 12.0. The van der Waals surface area contributed by atoms with Crippen LogP contribution in [-0.2, 0) is 9.39 Å². The van der Waals surface area contributed by atoms with E-state index in [9.17, 15) is 10.1 Å². The molecule has 0 radical (unpaired) electrons. The lowest BCUT2D eigenvalue weighted by atomic mass is 9.78. The fourth-order valence-electron chi connectivity index (χ4n) is 2.13. The lowest BCUT2D eigenvalue weighted by molar-refractivity contribution is -0.0982. The van der Waals surface area contributed by atoms with E-state index in [0.717, 1.165) is 23.4 Å². The molecule has 1 saturated heterocycles. The number of aliphatic hydroxyl groups is 1. The van der Waals surface area contributed by atoms with Crippen molar-refractivity contribution in [2.45, 2.75) is 51.2 Å². The molecule has 1 aliphatic heterocycles. The van der Waals surface area contributed by atoms with Crippen molar-refractivity contribution >= 4 is 23.2 Å². The summed E-state index contributed by atoms with van der Waals surface area (Å²) >= 11 is 1.48. The fraction of sp³-hybridized carbons (Fsp3) is 0.714. The topological polar surface area (TPSA) is 58.9 Å². The third-order valence-electron chi connectivity index (χ3n) is 4.20. The van der Waals surface area contributed by atoms with Crippen LogP contribution in [0.5, 0.6) is 0 Å². The van der Waals surface area contributed by atoms with Crippen molar-refractivity contribution in [3.63, 3.8) is 0 Å². The van der Waals surface area contributed by atoms with Crippen molar-refractivity contribution < 1.29 is 19.5 Å². The van der Waals surface area contributed by atoms with Crippen LogP contribution in [0.1, 0.15) is 45.6 Å². The summed E-state index contributed by atoms with van der Waals surface area (Å²) in [7, 11) is -1.02. The zero-order chi connectivity index (χ0) is 15.0. The monoisotopic (exact) mass is 298 g/mol. The molecule has 1 atom stereocenters. The van der Waals surface area contributed by atoms with Gasteiger partial charge in [-0.3, -0.25) is 0 Å². The fourth-order valence-corrected chi connectivity index (χ4v) is 3.02. The number of hydrogen-bond acceptors (Lipinski definition) is 5. The number of hydrogen-bond donors (Lipinski definition) is 2. The van der Waals surface area contributed by atoms with E-state index in [1.165, 1.54) is 11.3 Å². The molecule has 2 rings (SSSR count). The Kier molecular flexibility index (Phi) is 4.61. The molecular weight excluding hydrogens is 275 g/mol. The largest absolute Gasteiger partial charge is 0.502 e. The third-order valence-corrected chi connectivity index (χ3v) is 5.16. The van der Waals surface area contributed by atoms with Gasteiger partial charge in [0.15, 0.2) is 0 Å². The Morgan fingerprint density at radius 1 is 1.40 bits per heavy atom. The van der Waals surface area contributed by atoms with Crippen LogP contribution in [0.25, 0.3) is 0 Å². The van der Waals surface area contributed by atoms with Gasteiger partial charge >= 0.3 is 7.12 Å². The van der Waals surface area contributed by atoms with Gasteiger partial charge in [0, 0.05) is 17.3 Å². The molecule has 112 valence electrons. The first-order chi connectivity index (χ1) is 9.22. The summed E-state index contributed by atoms with van der Waals surface area (Å²) in [5.41, 5.74) is -0.784. The van der Waals surface area contributed by atoms with Crippen LogP contribution in [-0.4, -0.2) is 41.7 Å². The van der Waals surface area contributed by atoms with Crippen LogP contribution in [0, 0.1) is 0 Å². The average Bonchev–Trinajstić information content (AvgIpc) is 2.97. The van der Waals surface area contributed by atoms with Gasteiger partial charge in [-0.05, 0) is 51.1 Å². The first kappa shape index (κ1) is 16.0. The number of thiophene rings is 1. The Balaban J connectivity index is 2.14. The van der Waals surface area contributed by atoms with E-state index in [1.54, 1.807) is 27.7 Å². The first-order valence-corrected chi connectivity index (χ1v) is 7.83. The van der Waals surface area contributed by atoms with Crippen LogP contribution in [0.15, 0.2) is 11.4 Å². The minimum absolute atomic E-state index is 0.333. The summed E-state index contributed by atoms with van der Waals surface area (Å²) in [5.74, 6) is 0.333. The smallest absolute Gasteiger partial charge is 0.423 e. The second-order valence-corrected chi connectivity index (χ2v) is 7.29. The third kappa shape index (κ3) is 3.26. The first-order valence-electron chi connectivity index (χ1n) is 6.95. The Morgan fingerprint density at radius 3 is 2.65 bits per heavy atom. The van der Waals surface area contributed by atoms with Gasteiger partial charge in [0.1, 0.15) is 0 Å². The van der Waals surface area contributed by atoms with Crippen molar-refractivity contribution in [3.8, 4) is 0 Å². The summed E-state index contributed by atoms with van der Waals surface area (Å²) in [5, 5.41) is 22.5. The molecule has 1 aromatic rings. The van der Waals surface area contributed by atoms with E-state index >= 15 is 0 Å². The quantitative estimate of drug-likeness (QED) is 0.809. The highest BCUT2D eigenvalue weighted by Gasteiger charge is 2.41. The summed E-state index contributed by atoms with van der Waals surface area (Å²) in [6, 6.07) is 2.03. The predicted molar refractivity (Wildman–Crippen MR) is 81.6 cm³/mol. The highest BCUT2D eigenvalue weighted by atomic mass is 32.1. The summed E-state index contributed by atoms with van der Waals surface area (Å²) in [4.78, 5) is 0. The zero-order valence-electron chi connectivity index (χ0n) is 12.5. The molecule has 6 heteroatoms. The average molecular weight is 298 g/mol. The number of rotatable bonds is 5. The molecule has 1 unspecified atom stereocenters. The van der Waals surface area contributed by atoms with E-state index in [0.29, 0.717) is 12.5 Å². The minimum Gasteiger partial charge on any atom is -0.423 e. The van der Waals surface area contributed by atoms with Gasteiger partial charge in [0.25, 0.3) is 0 Å². The molecule has 2 heterocycles. The van der Waals surface area contributed by atoms with Gasteiger partial charge in [-0.15, -0.1) is 0 Å². The van der Waals surface area contributed by atoms with E-state index in [1.807, 2.05) is 11.4 Å². The maximum atomic E-state index is 10.4. The van der Waals surface area contributed by atoms with Crippen LogP contribution < -0.4 is 4.78 Å². The molecule has 0 aliphatic carbocycles. The minimum atomic E-state index is -1.04. The molecule has 20 heavy (non-hydrogen) atoms. The Morgan fingerprint density at radius 2 is 2.10 bits per heavy atom. The van der Waals surface area contributed by atoms with Crippen molar-refractivity contribution in [3.05, 3.63) is 17.0 Å². The molecule has 0 aromatic carbocycles. The van der Waals surface area contributed by atoms with Gasteiger partial charge in [-0.1, -0.05) is 0 Å². The molecule has 1 aromatic heterocycles. The van der Waals surface area contributed by atoms with E-state index in [4.69, 9.17) is 9.39 Å². The Bertz CT molecular complexity index is 446. The van der Waals surface area contributed by atoms with Crippen LogP contribution in [0.2, 0.25) is 0 Å². The number of ether oxygens (including phenoxy) is 1. The van der Waals surface area contributed by atoms with Gasteiger partial charge in [0.05, 0.1) is 17.8 Å². The summed E-state index contributed by atoms with van der Waals surface area (Å²) in [6.45, 7) is 8.39. The Labute approximate surface area is 124 Å². The molecule has 0 amide bonds. The molecule has 4 nitrogen and oxygen atoms in total. The standard InChI is InChI=1S/C14H23BO4S/c1-13(2,16)14(3,4)19-15(17)12-11(6-8-20-12)10-5-7-18-9-10/h6,8,10,16-17H,5,7,9H2,1-4H3. The van der Waals surface area contributed by atoms with Gasteiger partial charge in [0.2, 0.25) is 0 Å². The SMILES string of the molecule is CC(C)(O)C(C)(C)OB(O)c1sccc1C1CCOC1. The van der Waals surface area contributed by atoms with E-state index in [-0.39, 0.29) is 0 Å². The second-order valence-electron chi connectivity index (χ2n) is 6.34. The maximum Gasteiger partial charge on any atom is 0.502 e. The normalized spacial score (nSPS) is 20.4. The van der Waals surface area contributed by atoms with Gasteiger partial charge in [-0.2, -0.15) is 11.3 Å². The molecule has 0 saturated carbocycles. The van der Waals surface area contributed by atoms with Crippen molar-refractivity contribution in [2.75, 3.05) is 13.2 Å². The van der Waals surface area contributed by atoms with Gasteiger partial charge in [-0.25, -0.2) is 0 Å². The second kappa shape index (κ2) is 5.77. The van der Waals surface area contributed by atoms with E-state index in [2.05, 4.69) is 0 Å². The van der Waals surface area contributed by atoms with Crippen molar-refractivity contribution in [1.82, 2.24) is 0 Å². The highest BCUT2D eigenvalue weighted by Crippen LogP contribution is 2.28. The van der Waals surface area contributed by atoms with Gasteiger partial charge < -0.3 is 19.5 Å². The molecule has 2 N–H and O–H groups in total. The Hall–Kier alpha value is -0.395. The van der Waals surface area contributed by atoms with E-state index < -0.39 is 18.3 Å². The molecule has 0 spiro atoms. The van der Waals surface area contributed by atoms with Crippen LogP contribution >= 0.6 is 11.3 Å². The molecule has 1 fully saturated rings. The molecule has 1 aliphatic rings. The van der Waals surface area contributed by atoms with Crippen LogP contribution in [0.4, 0.5) is 0 Å². The highest BCUT2D eigenvalue weighted by molar-refractivity contribution is 7.20. The molecular formula is C14H23BO4S. The van der Waals surface area contributed by atoms with Crippen molar-refractivity contribution in [2.24, 2.45) is 0 Å². The lowest BCUT2D eigenvalue weighted by Gasteiger charge is -2.38. The molecule has 0 bridgehead atoms. The van der Waals surface area contributed by atoms with Crippen LogP contribution in [0.3, 0.4) is 0 Å². The lowest BCUT2D eigenvalue weighted by Crippen LogP contribution is -2.53.